The molecular weight excluding hydrogens is 279 g/mol. The van der Waals surface area contributed by atoms with Crippen LogP contribution < -0.4 is 0 Å². The molecule has 0 aliphatic rings. The molecule has 0 spiro atoms. The Labute approximate surface area is 93.0 Å². The highest BCUT2D eigenvalue weighted by atomic mass is 79.9. The molecule has 2 nitrogen and oxygen atoms in total. The van der Waals surface area contributed by atoms with E-state index in [1.807, 2.05) is 0 Å². The minimum Gasteiger partial charge on any atom is -0.392 e. The fourth-order valence-corrected chi connectivity index (χ4v) is 1.65. The molecule has 0 saturated carbocycles. The molecule has 0 aliphatic carbocycles. The average molecular weight is 287 g/mol. The Balaban J connectivity index is 3.24. The summed E-state index contributed by atoms with van der Waals surface area (Å²) in [4.78, 5) is 3.54. The zero-order chi connectivity index (χ0) is 10.7. The molecule has 0 saturated heterocycles. The molecule has 1 aromatic heterocycles. The number of aliphatic hydroxyl groups excluding tert-OH is 1. The summed E-state index contributed by atoms with van der Waals surface area (Å²) in [6.45, 7) is -0.310. The van der Waals surface area contributed by atoms with Crippen molar-refractivity contribution in [1.29, 1.82) is 0 Å². The van der Waals surface area contributed by atoms with Gasteiger partial charge < -0.3 is 5.11 Å². The third-order valence-corrected chi connectivity index (χ3v) is 2.61. The Morgan fingerprint density at radius 3 is 2.57 bits per heavy atom. The highest BCUT2D eigenvalue weighted by Gasteiger charge is 2.16. The SMILES string of the molecule is OCc1cc(CBr)c(C(F)F)nc1Cl. The number of alkyl halides is 3. The summed E-state index contributed by atoms with van der Waals surface area (Å²) in [6.07, 6.45) is -2.66. The summed E-state index contributed by atoms with van der Waals surface area (Å²) in [5.74, 6) is 0. The number of pyridine rings is 1. The summed E-state index contributed by atoms with van der Waals surface area (Å²) in [5.41, 5.74) is 0.350. The van der Waals surface area contributed by atoms with Gasteiger partial charge in [0.05, 0.1) is 6.61 Å². The lowest BCUT2D eigenvalue weighted by Crippen LogP contribution is -2.00. The van der Waals surface area contributed by atoms with Gasteiger partial charge in [-0.2, -0.15) is 0 Å². The summed E-state index contributed by atoms with van der Waals surface area (Å²) in [7, 11) is 0. The van der Waals surface area contributed by atoms with E-state index in [0.717, 1.165) is 0 Å². The normalized spacial score (nSPS) is 11.0. The number of hydrogen-bond donors (Lipinski definition) is 1. The van der Waals surface area contributed by atoms with Crippen molar-refractivity contribution < 1.29 is 13.9 Å². The topological polar surface area (TPSA) is 33.1 Å². The molecule has 1 N–H and O–H groups in total. The first-order valence-electron chi connectivity index (χ1n) is 3.73. The fraction of sp³-hybridized carbons (Fsp3) is 0.375. The van der Waals surface area contributed by atoms with E-state index in [-0.39, 0.29) is 22.8 Å². The van der Waals surface area contributed by atoms with Crippen LogP contribution in [0.15, 0.2) is 6.07 Å². The van der Waals surface area contributed by atoms with Crippen LogP contribution in [0.3, 0.4) is 0 Å². The molecule has 0 atom stereocenters. The maximum atomic E-state index is 12.4. The number of rotatable bonds is 3. The number of aliphatic hydroxyl groups is 1. The van der Waals surface area contributed by atoms with Crippen molar-refractivity contribution in [3.05, 3.63) is 28.0 Å². The number of aromatic nitrogens is 1. The van der Waals surface area contributed by atoms with Crippen LogP contribution in [-0.4, -0.2) is 10.1 Å². The summed E-state index contributed by atoms with van der Waals surface area (Å²) in [6, 6.07) is 1.42. The van der Waals surface area contributed by atoms with Gasteiger partial charge in [-0.3, -0.25) is 0 Å². The molecule has 6 heteroatoms. The zero-order valence-electron chi connectivity index (χ0n) is 6.98. The van der Waals surface area contributed by atoms with E-state index in [9.17, 15) is 8.78 Å². The Kier molecular flexibility index (Phi) is 4.22. The zero-order valence-corrected chi connectivity index (χ0v) is 9.32. The third-order valence-electron chi connectivity index (χ3n) is 1.68. The Morgan fingerprint density at radius 2 is 2.14 bits per heavy atom. The predicted octanol–water partition coefficient (Wildman–Crippen LogP) is 3.06. The van der Waals surface area contributed by atoms with Crippen molar-refractivity contribution in [3.63, 3.8) is 0 Å². The van der Waals surface area contributed by atoms with E-state index in [1.165, 1.54) is 6.07 Å². The second-order valence-electron chi connectivity index (χ2n) is 2.58. The first kappa shape index (κ1) is 11.8. The standard InChI is InChI=1S/C8H7BrClF2NO/c9-2-4-1-5(3-14)7(10)13-6(4)8(11)12/h1,8,14H,2-3H2. The molecule has 1 rings (SSSR count). The molecule has 0 bridgehead atoms. The van der Waals surface area contributed by atoms with Gasteiger partial charge in [0, 0.05) is 10.9 Å². The largest absolute Gasteiger partial charge is 0.392 e. The maximum absolute atomic E-state index is 12.4. The number of halogens is 4. The average Bonchev–Trinajstić information content (AvgIpc) is 2.17. The molecule has 78 valence electrons. The molecule has 0 aliphatic heterocycles. The van der Waals surface area contributed by atoms with Gasteiger partial charge in [0.15, 0.2) is 0 Å². The van der Waals surface area contributed by atoms with E-state index >= 15 is 0 Å². The van der Waals surface area contributed by atoms with Crippen LogP contribution in [0.4, 0.5) is 8.78 Å². The second-order valence-corrected chi connectivity index (χ2v) is 3.49. The van der Waals surface area contributed by atoms with Gasteiger partial charge in [-0.15, -0.1) is 0 Å². The first-order chi connectivity index (χ1) is 6.60. The van der Waals surface area contributed by atoms with Gasteiger partial charge in [-0.1, -0.05) is 27.5 Å². The Bertz CT molecular complexity index is 335. The maximum Gasteiger partial charge on any atom is 0.280 e. The van der Waals surface area contributed by atoms with Gasteiger partial charge in [0.1, 0.15) is 10.8 Å². The minimum absolute atomic E-state index is 0.0764. The predicted molar refractivity (Wildman–Crippen MR) is 52.8 cm³/mol. The molecule has 1 heterocycles. The van der Waals surface area contributed by atoms with Gasteiger partial charge in [0.25, 0.3) is 6.43 Å². The molecule has 0 unspecified atom stereocenters. The van der Waals surface area contributed by atoms with Crippen LogP contribution in [-0.2, 0) is 11.9 Å². The lowest BCUT2D eigenvalue weighted by molar-refractivity contribution is 0.145. The van der Waals surface area contributed by atoms with Crippen LogP contribution in [0.2, 0.25) is 5.15 Å². The monoisotopic (exact) mass is 285 g/mol. The van der Waals surface area contributed by atoms with Crippen LogP contribution in [0, 0.1) is 0 Å². The minimum atomic E-state index is -2.66. The van der Waals surface area contributed by atoms with Crippen molar-refractivity contribution in [2.24, 2.45) is 0 Å². The number of nitrogens with zero attached hydrogens (tertiary/aromatic N) is 1. The smallest absolute Gasteiger partial charge is 0.280 e. The second kappa shape index (κ2) is 5.00. The highest BCUT2D eigenvalue weighted by molar-refractivity contribution is 9.08. The van der Waals surface area contributed by atoms with Gasteiger partial charge >= 0.3 is 0 Å². The molecular formula is C8H7BrClF2NO. The molecule has 14 heavy (non-hydrogen) atoms. The summed E-state index contributed by atoms with van der Waals surface area (Å²) in [5, 5.41) is 9.02. The molecule has 0 radical (unpaired) electrons. The molecule has 1 aromatic rings. The highest BCUT2D eigenvalue weighted by Crippen LogP contribution is 2.27. The molecule has 0 amide bonds. The first-order valence-corrected chi connectivity index (χ1v) is 5.23. The van der Waals surface area contributed by atoms with E-state index < -0.39 is 6.43 Å². The fourth-order valence-electron chi connectivity index (χ4n) is 1.00. The van der Waals surface area contributed by atoms with Crippen LogP contribution in [0.5, 0.6) is 0 Å². The van der Waals surface area contributed by atoms with E-state index in [2.05, 4.69) is 20.9 Å². The van der Waals surface area contributed by atoms with E-state index in [0.29, 0.717) is 11.1 Å². The lowest BCUT2D eigenvalue weighted by atomic mass is 10.1. The van der Waals surface area contributed by atoms with Crippen molar-refractivity contribution in [2.75, 3.05) is 0 Å². The van der Waals surface area contributed by atoms with Crippen LogP contribution >= 0.6 is 27.5 Å². The van der Waals surface area contributed by atoms with Crippen LogP contribution in [0.25, 0.3) is 0 Å². The van der Waals surface area contributed by atoms with Crippen molar-refractivity contribution >= 4 is 27.5 Å². The third kappa shape index (κ3) is 2.40. The Morgan fingerprint density at radius 1 is 1.50 bits per heavy atom. The quantitative estimate of drug-likeness (QED) is 0.684. The van der Waals surface area contributed by atoms with Crippen LogP contribution in [0.1, 0.15) is 23.2 Å². The molecule has 0 aromatic carbocycles. The van der Waals surface area contributed by atoms with E-state index in [1.54, 1.807) is 0 Å². The van der Waals surface area contributed by atoms with Gasteiger partial charge in [-0.25, -0.2) is 13.8 Å². The van der Waals surface area contributed by atoms with Crippen molar-refractivity contribution in [3.8, 4) is 0 Å². The lowest BCUT2D eigenvalue weighted by Gasteiger charge is -2.08. The summed E-state index contributed by atoms with van der Waals surface area (Å²) >= 11 is 8.65. The van der Waals surface area contributed by atoms with Crippen molar-refractivity contribution in [2.45, 2.75) is 18.4 Å². The summed E-state index contributed by atoms with van der Waals surface area (Å²) < 4.78 is 24.9. The van der Waals surface area contributed by atoms with Crippen molar-refractivity contribution in [1.82, 2.24) is 4.98 Å². The number of hydrogen-bond acceptors (Lipinski definition) is 2. The van der Waals surface area contributed by atoms with Gasteiger partial charge in [-0.05, 0) is 11.6 Å². The van der Waals surface area contributed by atoms with E-state index in [4.69, 9.17) is 16.7 Å². The van der Waals surface area contributed by atoms with Gasteiger partial charge in [0.2, 0.25) is 0 Å². The molecule has 0 fully saturated rings. The Hall–Kier alpha value is -0.260.